The Kier molecular flexibility index (Phi) is 13.2. The molecule has 0 N–H and O–H groups in total. The standard InChI is InChI=1S/C30H31OPSi.C27H23OP/c1-23(2)30-28-18-12-13-24(21-22-33(3,4)5)27(28)19-20-29(30)32(31,25-14-8-6-9-15-25)26-16-10-7-11-17-26;1-4-21-12-11-17-25-24(21)18-19-26(27(25)20(2)3)29(28,22-13-7-5-8-14-22)23-15-9-6-10-16-23/h6-20,23H,1-5H3;1,5-20H,2-3H3. The lowest BCUT2D eigenvalue weighted by molar-refractivity contribution is 0.591. The third-order valence-corrected chi connectivity index (χ3v) is 18.3. The molecule has 0 aliphatic carbocycles. The molecule has 0 aliphatic heterocycles. The minimum Gasteiger partial charge on any atom is -0.309 e. The van der Waals surface area contributed by atoms with Gasteiger partial charge in [0, 0.05) is 43.0 Å². The molecule has 0 aliphatic rings. The molecule has 62 heavy (non-hydrogen) atoms. The van der Waals surface area contributed by atoms with Crippen molar-refractivity contribution in [2.45, 2.75) is 59.2 Å². The highest BCUT2D eigenvalue weighted by Gasteiger charge is 2.35. The second-order valence-electron chi connectivity index (χ2n) is 17.3. The van der Waals surface area contributed by atoms with Gasteiger partial charge in [-0.25, -0.2) is 0 Å². The summed E-state index contributed by atoms with van der Waals surface area (Å²) in [5, 5.41) is 9.67. The first-order valence-electron chi connectivity index (χ1n) is 21.3. The first kappa shape index (κ1) is 44.1. The van der Waals surface area contributed by atoms with Crippen LogP contribution in [0.3, 0.4) is 0 Å². The summed E-state index contributed by atoms with van der Waals surface area (Å²) in [6.07, 6.45) is 5.74. The van der Waals surface area contributed by atoms with Crippen LogP contribution in [0, 0.1) is 23.8 Å². The minimum absolute atomic E-state index is 0.197. The van der Waals surface area contributed by atoms with Gasteiger partial charge in [-0.15, -0.1) is 12.0 Å². The Hall–Kier alpha value is -5.92. The number of hydrogen-bond acceptors (Lipinski definition) is 2. The largest absolute Gasteiger partial charge is 0.309 e. The van der Waals surface area contributed by atoms with E-state index in [0.29, 0.717) is 0 Å². The fraction of sp³-hybridized carbons (Fsp3) is 0.158. The third kappa shape index (κ3) is 8.73. The van der Waals surface area contributed by atoms with E-state index >= 15 is 4.57 Å². The lowest BCUT2D eigenvalue weighted by Crippen LogP contribution is -2.28. The Morgan fingerprint density at radius 1 is 0.419 bits per heavy atom. The highest BCUT2D eigenvalue weighted by atomic mass is 31.2. The topological polar surface area (TPSA) is 34.1 Å². The maximum Gasteiger partial charge on any atom is 0.171 e. The summed E-state index contributed by atoms with van der Waals surface area (Å²) >= 11 is 0. The molecule has 0 atom stereocenters. The van der Waals surface area contributed by atoms with Gasteiger partial charge in [0.25, 0.3) is 0 Å². The van der Waals surface area contributed by atoms with Gasteiger partial charge in [-0.1, -0.05) is 217 Å². The number of fused-ring (bicyclic) bond motifs is 2. The first-order chi connectivity index (χ1) is 29.8. The van der Waals surface area contributed by atoms with Gasteiger partial charge in [-0.2, -0.15) is 0 Å². The normalized spacial score (nSPS) is 11.7. The van der Waals surface area contributed by atoms with Crippen molar-refractivity contribution in [3.63, 3.8) is 0 Å². The van der Waals surface area contributed by atoms with Crippen molar-refractivity contribution in [1.29, 1.82) is 0 Å². The maximum absolute atomic E-state index is 15.1. The monoisotopic (exact) mass is 860 g/mol. The Labute approximate surface area is 370 Å². The van der Waals surface area contributed by atoms with Crippen LogP contribution in [-0.4, -0.2) is 8.07 Å². The van der Waals surface area contributed by atoms with E-state index in [1.54, 1.807) is 0 Å². The van der Waals surface area contributed by atoms with E-state index in [9.17, 15) is 4.57 Å². The molecule has 0 spiro atoms. The summed E-state index contributed by atoms with van der Waals surface area (Å²) in [7, 11) is -7.60. The van der Waals surface area contributed by atoms with Gasteiger partial charge in [0.05, 0.1) is 0 Å². The summed E-state index contributed by atoms with van der Waals surface area (Å²) in [4.78, 5) is 0. The van der Waals surface area contributed by atoms with Crippen molar-refractivity contribution in [2.75, 3.05) is 0 Å². The van der Waals surface area contributed by atoms with Gasteiger partial charge in [-0.3, -0.25) is 0 Å². The van der Waals surface area contributed by atoms with E-state index in [4.69, 9.17) is 6.42 Å². The molecular formula is C57H54O2P2Si. The second-order valence-corrected chi connectivity index (χ2v) is 27.5. The minimum atomic E-state index is -3.06. The number of terminal acetylenes is 1. The van der Waals surface area contributed by atoms with Crippen molar-refractivity contribution in [1.82, 2.24) is 0 Å². The molecular weight excluding hydrogens is 807 g/mol. The van der Waals surface area contributed by atoms with Gasteiger partial charge >= 0.3 is 0 Å². The Bertz CT molecular complexity index is 2970. The molecule has 0 radical (unpaired) electrons. The molecule has 0 fully saturated rings. The fourth-order valence-corrected chi connectivity index (χ4v) is 15.0. The van der Waals surface area contributed by atoms with Crippen LogP contribution in [-0.2, 0) is 9.13 Å². The molecule has 8 rings (SSSR count). The van der Waals surface area contributed by atoms with Crippen LogP contribution in [0.5, 0.6) is 0 Å². The zero-order valence-corrected chi connectivity index (χ0v) is 39.6. The lowest BCUT2D eigenvalue weighted by Gasteiger charge is -2.25. The molecule has 0 bridgehead atoms. The molecule has 0 saturated heterocycles. The number of rotatable bonds is 8. The van der Waals surface area contributed by atoms with E-state index in [-0.39, 0.29) is 11.8 Å². The van der Waals surface area contributed by atoms with E-state index in [2.05, 4.69) is 101 Å². The summed E-state index contributed by atoms with van der Waals surface area (Å²) in [5.41, 5.74) is 7.69. The Balaban J connectivity index is 0.000000188. The summed E-state index contributed by atoms with van der Waals surface area (Å²) in [6, 6.07) is 60.2. The van der Waals surface area contributed by atoms with E-state index in [1.165, 1.54) is 0 Å². The summed E-state index contributed by atoms with van der Waals surface area (Å²) < 4.78 is 30.0. The van der Waals surface area contributed by atoms with Crippen LogP contribution < -0.4 is 31.8 Å². The van der Waals surface area contributed by atoms with Crippen molar-refractivity contribution < 1.29 is 9.13 Å². The van der Waals surface area contributed by atoms with E-state index in [0.717, 1.165) is 75.6 Å². The first-order valence-corrected chi connectivity index (χ1v) is 28.2. The van der Waals surface area contributed by atoms with Gasteiger partial charge in [0.2, 0.25) is 0 Å². The van der Waals surface area contributed by atoms with E-state index in [1.807, 2.05) is 146 Å². The van der Waals surface area contributed by atoms with Crippen molar-refractivity contribution in [3.8, 4) is 23.8 Å². The molecule has 8 aromatic carbocycles. The zero-order valence-electron chi connectivity index (χ0n) is 36.8. The van der Waals surface area contributed by atoms with Crippen LogP contribution in [0.1, 0.15) is 61.8 Å². The predicted octanol–water partition coefficient (Wildman–Crippen LogP) is 12.4. The molecule has 0 aromatic heterocycles. The third-order valence-electron chi connectivity index (χ3n) is 11.2. The Morgan fingerprint density at radius 3 is 1.08 bits per heavy atom. The summed E-state index contributed by atoms with van der Waals surface area (Å²) in [6.45, 7) is 15.5. The quantitative estimate of drug-likeness (QED) is 0.0866. The molecule has 5 heteroatoms. The smallest absolute Gasteiger partial charge is 0.171 e. The molecule has 0 heterocycles. The number of hydrogen-bond donors (Lipinski definition) is 0. The van der Waals surface area contributed by atoms with Crippen LogP contribution in [0.2, 0.25) is 19.6 Å². The van der Waals surface area contributed by atoms with Crippen molar-refractivity contribution >= 4 is 75.7 Å². The molecule has 0 amide bonds. The number of benzene rings is 8. The van der Waals surface area contributed by atoms with Crippen LogP contribution >= 0.6 is 14.3 Å². The van der Waals surface area contributed by atoms with Gasteiger partial charge in [0.15, 0.2) is 14.3 Å². The van der Waals surface area contributed by atoms with Crippen LogP contribution in [0.25, 0.3) is 21.5 Å². The lowest BCUT2D eigenvalue weighted by atomic mass is 9.94. The van der Waals surface area contributed by atoms with Gasteiger partial charge in [0.1, 0.15) is 8.07 Å². The summed E-state index contributed by atoms with van der Waals surface area (Å²) in [5.74, 6) is 6.66. The SMILES string of the molecule is C#Cc1cccc2c(C(C)C)c(P(=O)(c3ccccc3)c3ccccc3)ccc12.CC(C)c1c(P(=O)(c2ccccc2)c2ccccc2)ccc2c(C#C[Si](C)(C)C)cccc12. The molecule has 0 unspecified atom stereocenters. The fourth-order valence-electron chi connectivity index (χ4n) is 8.40. The second kappa shape index (κ2) is 18.6. The van der Waals surface area contributed by atoms with Gasteiger partial charge in [-0.05, 0) is 68.8 Å². The molecule has 0 saturated carbocycles. The van der Waals surface area contributed by atoms with Crippen molar-refractivity contribution in [2.24, 2.45) is 0 Å². The highest BCUT2D eigenvalue weighted by Crippen LogP contribution is 2.47. The average molecular weight is 861 g/mol. The van der Waals surface area contributed by atoms with Crippen LogP contribution in [0.4, 0.5) is 0 Å². The van der Waals surface area contributed by atoms with Crippen LogP contribution in [0.15, 0.2) is 182 Å². The predicted molar refractivity (Wildman–Crippen MR) is 273 cm³/mol. The van der Waals surface area contributed by atoms with Gasteiger partial charge < -0.3 is 9.13 Å². The maximum atomic E-state index is 15.1. The Morgan fingerprint density at radius 2 is 0.758 bits per heavy atom. The zero-order chi connectivity index (χ0) is 44.1. The average Bonchev–Trinajstić information content (AvgIpc) is 3.30. The molecule has 2 nitrogen and oxygen atoms in total. The molecule has 8 aromatic rings. The highest BCUT2D eigenvalue weighted by molar-refractivity contribution is 7.85. The molecule has 308 valence electrons. The van der Waals surface area contributed by atoms with E-state index < -0.39 is 22.4 Å². The van der Waals surface area contributed by atoms with Crippen molar-refractivity contribution in [3.05, 3.63) is 204 Å².